The fourth-order valence-electron chi connectivity index (χ4n) is 2.96. The van der Waals surface area contributed by atoms with Gasteiger partial charge in [0, 0.05) is 17.2 Å². The molecule has 0 heterocycles. The molecule has 2 N–H and O–H groups in total. The van der Waals surface area contributed by atoms with Gasteiger partial charge in [-0.25, -0.2) is 0 Å². The van der Waals surface area contributed by atoms with Crippen LogP contribution in [0.25, 0.3) is 0 Å². The quantitative estimate of drug-likeness (QED) is 0.486. The van der Waals surface area contributed by atoms with Crippen molar-refractivity contribution in [3.63, 3.8) is 0 Å². The van der Waals surface area contributed by atoms with Crippen molar-refractivity contribution in [3.05, 3.63) is 44.8 Å². The minimum Gasteiger partial charge on any atom is -0.508 e. The SMILES string of the molecule is CC(C)c1cc(Oc2c(Br)cc(N(CC(=O)O)C(=O)C3CC3)cc2Br)ccc1O. The number of aromatic hydroxyl groups is 1. The van der Waals surface area contributed by atoms with Crippen LogP contribution in [-0.4, -0.2) is 28.6 Å². The number of halogens is 2. The number of hydrogen-bond donors (Lipinski definition) is 2. The van der Waals surface area contributed by atoms with E-state index in [1.807, 2.05) is 13.8 Å². The predicted molar refractivity (Wildman–Crippen MR) is 117 cm³/mol. The molecule has 1 saturated carbocycles. The average molecular weight is 527 g/mol. The molecule has 1 amide bonds. The maximum absolute atomic E-state index is 12.6. The van der Waals surface area contributed by atoms with Crippen LogP contribution in [0.1, 0.15) is 38.2 Å². The molecule has 0 atom stereocenters. The Balaban J connectivity index is 1.91. The molecule has 0 saturated heterocycles. The van der Waals surface area contributed by atoms with Gasteiger partial charge >= 0.3 is 5.97 Å². The van der Waals surface area contributed by atoms with Crippen molar-refractivity contribution in [2.24, 2.45) is 5.92 Å². The van der Waals surface area contributed by atoms with E-state index in [4.69, 9.17) is 4.74 Å². The number of aliphatic carboxylic acids is 1. The van der Waals surface area contributed by atoms with E-state index in [9.17, 15) is 19.8 Å². The molecule has 0 bridgehead atoms. The summed E-state index contributed by atoms with van der Waals surface area (Å²) in [7, 11) is 0. The summed E-state index contributed by atoms with van der Waals surface area (Å²) in [5.41, 5.74) is 1.25. The normalized spacial score (nSPS) is 13.4. The zero-order valence-electron chi connectivity index (χ0n) is 16.0. The van der Waals surface area contributed by atoms with E-state index >= 15 is 0 Å². The lowest BCUT2D eigenvalue weighted by molar-refractivity contribution is -0.136. The van der Waals surface area contributed by atoms with Crippen LogP contribution < -0.4 is 9.64 Å². The Labute approximate surface area is 185 Å². The maximum atomic E-state index is 12.6. The number of carboxylic acids is 1. The molecule has 0 radical (unpaired) electrons. The smallest absolute Gasteiger partial charge is 0.323 e. The van der Waals surface area contributed by atoms with Gasteiger partial charge in [-0.2, -0.15) is 0 Å². The molecule has 1 aliphatic carbocycles. The second-order valence-corrected chi connectivity index (χ2v) is 9.02. The van der Waals surface area contributed by atoms with Crippen molar-refractivity contribution in [1.29, 1.82) is 0 Å². The van der Waals surface area contributed by atoms with Gasteiger partial charge in [0.2, 0.25) is 5.91 Å². The van der Waals surface area contributed by atoms with Crippen molar-refractivity contribution < 1.29 is 24.5 Å². The van der Waals surface area contributed by atoms with Crippen molar-refractivity contribution in [1.82, 2.24) is 0 Å². The Morgan fingerprint density at radius 1 is 1.17 bits per heavy atom. The Bertz CT molecular complexity index is 933. The Morgan fingerprint density at radius 2 is 1.79 bits per heavy atom. The summed E-state index contributed by atoms with van der Waals surface area (Å²) in [6, 6.07) is 8.38. The van der Waals surface area contributed by atoms with Crippen molar-refractivity contribution >= 4 is 49.4 Å². The highest BCUT2D eigenvalue weighted by Crippen LogP contribution is 2.42. The number of phenolic OH excluding ortho intramolecular Hbond substituents is 1. The zero-order valence-corrected chi connectivity index (χ0v) is 19.2. The van der Waals surface area contributed by atoms with E-state index in [1.165, 1.54) is 4.90 Å². The minimum atomic E-state index is -1.07. The minimum absolute atomic E-state index is 0.103. The van der Waals surface area contributed by atoms with Crippen LogP contribution in [0.5, 0.6) is 17.2 Å². The average Bonchev–Trinajstić information content (AvgIpc) is 3.48. The van der Waals surface area contributed by atoms with Crippen molar-refractivity contribution in [3.8, 4) is 17.2 Å². The molecular formula is C21H21Br2NO5. The summed E-state index contributed by atoms with van der Waals surface area (Å²) >= 11 is 6.93. The summed E-state index contributed by atoms with van der Waals surface area (Å²) in [4.78, 5) is 25.1. The molecule has 1 fully saturated rings. The Kier molecular flexibility index (Phi) is 6.53. The monoisotopic (exact) mass is 525 g/mol. The zero-order chi connectivity index (χ0) is 21.3. The molecule has 1 aliphatic rings. The van der Waals surface area contributed by atoms with E-state index in [0.29, 0.717) is 26.1 Å². The number of amides is 1. The summed E-state index contributed by atoms with van der Waals surface area (Å²) in [5.74, 6) is 0.0288. The molecular weight excluding hydrogens is 506 g/mol. The molecule has 29 heavy (non-hydrogen) atoms. The first-order chi connectivity index (χ1) is 13.7. The van der Waals surface area contributed by atoms with Gasteiger partial charge in [-0.3, -0.25) is 9.59 Å². The second kappa shape index (κ2) is 8.75. The predicted octanol–water partition coefficient (Wildman–Crippen LogP) is 5.66. The topological polar surface area (TPSA) is 87.1 Å². The maximum Gasteiger partial charge on any atom is 0.323 e. The highest BCUT2D eigenvalue weighted by atomic mass is 79.9. The number of carbonyl (C=O) groups excluding carboxylic acids is 1. The van der Waals surface area contributed by atoms with E-state index in [-0.39, 0.29) is 23.5 Å². The van der Waals surface area contributed by atoms with Crippen LogP contribution in [0.4, 0.5) is 5.69 Å². The molecule has 0 aliphatic heterocycles. The van der Waals surface area contributed by atoms with Gasteiger partial charge in [-0.15, -0.1) is 0 Å². The molecule has 0 unspecified atom stereocenters. The molecule has 3 rings (SSSR count). The fraction of sp³-hybridized carbons (Fsp3) is 0.333. The Hall–Kier alpha value is -2.06. The van der Waals surface area contributed by atoms with Gasteiger partial charge in [-0.1, -0.05) is 13.8 Å². The number of phenols is 1. The van der Waals surface area contributed by atoms with Gasteiger partial charge < -0.3 is 19.8 Å². The molecule has 2 aromatic rings. The molecule has 0 spiro atoms. The first kappa shape index (κ1) is 21.6. The van der Waals surface area contributed by atoms with Gasteiger partial charge in [0.05, 0.1) is 8.95 Å². The lowest BCUT2D eigenvalue weighted by atomic mass is 10.0. The number of hydrogen-bond acceptors (Lipinski definition) is 4. The third-order valence-corrected chi connectivity index (χ3v) is 5.80. The largest absolute Gasteiger partial charge is 0.508 e. The van der Waals surface area contributed by atoms with E-state index in [1.54, 1.807) is 30.3 Å². The van der Waals surface area contributed by atoms with Gasteiger partial charge in [-0.05, 0) is 81.0 Å². The second-order valence-electron chi connectivity index (χ2n) is 7.31. The van der Waals surface area contributed by atoms with Crippen LogP contribution in [0, 0.1) is 5.92 Å². The summed E-state index contributed by atoms with van der Waals surface area (Å²) in [5, 5.41) is 19.2. The summed E-state index contributed by atoms with van der Waals surface area (Å²) in [6.07, 6.45) is 1.58. The molecule has 2 aromatic carbocycles. The lowest BCUT2D eigenvalue weighted by Crippen LogP contribution is -2.36. The van der Waals surface area contributed by atoms with Crippen LogP contribution in [0.2, 0.25) is 0 Å². The standard InChI is InChI=1S/C21H21Br2NO5/c1-11(2)15-9-14(5-6-18(15)25)29-20-16(22)7-13(8-17(20)23)24(10-19(26)27)21(28)12-3-4-12/h5-9,11-12,25H,3-4,10H2,1-2H3,(H,26,27). The van der Waals surface area contributed by atoms with Gasteiger partial charge in [0.15, 0.2) is 5.75 Å². The number of benzene rings is 2. The lowest BCUT2D eigenvalue weighted by Gasteiger charge is -2.22. The fourth-order valence-corrected chi connectivity index (χ4v) is 4.28. The van der Waals surface area contributed by atoms with E-state index in [0.717, 1.165) is 18.4 Å². The molecule has 8 heteroatoms. The Morgan fingerprint density at radius 3 is 2.31 bits per heavy atom. The number of carbonyl (C=O) groups is 2. The number of ether oxygens (including phenoxy) is 1. The van der Waals surface area contributed by atoms with Gasteiger partial charge in [0.25, 0.3) is 0 Å². The van der Waals surface area contributed by atoms with Crippen LogP contribution in [-0.2, 0) is 9.59 Å². The van der Waals surface area contributed by atoms with E-state index < -0.39 is 12.5 Å². The first-order valence-corrected chi connectivity index (χ1v) is 10.8. The van der Waals surface area contributed by atoms with Crippen molar-refractivity contribution in [2.75, 3.05) is 11.4 Å². The number of rotatable bonds is 7. The number of carboxylic acid groups (broad SMARTS) is 1. The van der Waals surface area contributed by atoms with Crippen molar-refractivity contribution in [2.45, 2.75) is 32.6 Å². The third kappa shape index (κ3) is 5.11. The van der Waals surface area contributed by atoms with Crippen LogP contribution in [0.3, 0.4) is 0 Å². The molecule has 0 aromatic heterocycles. The van der Waals surface area contributed by atoms with Crippen LogP contribution >= 0.6 is 31.9 Å². The molecule has 154 valence electrons. The van der Waals surface area contributed by atoms with Crippen LogP contribution in [0.15, 0.2) is 39.3 Å². The first-order valence-electron chi connectivity index (χ1n) is 9.20. The summed E-state index contributed by atoms with van der Waals surface area (Å²) < 4.78 is 7.14. The summed E-state index contributed by atoms with van der Waals surface area (Å²) in [6.45, 7) is 3.56. The highest BCUT2D eigenvalue weighted by molar-refractivity contribution is 9.11. The number of anilines is 1. The third-order valence-electron chi connectivity index (χ3n) is 4.62. The highest BCUT2D eigenvalue weighted by Gasteiger charge is 2.35. The van der Waals surface area contributed by atoms with Gasteiger partial charge in [0.1, 0.15) is 18.0 Å². The molecule has 6 nitrogen and oxygen atoms in total. The van der Waals surface area contributed by atoms with E-state index in [2.05, 4.69) is 31.9 Å². The number of nitrogens with zero attached hydrogens (tertiary/aromatic N) is 1.